The topological polar surface area (TPSA) is 69.0 Å². The first kappa shape index (κ1) is 12.6. The van der Waals surface area contributed by atoms with Gasteiger partial charge >= 0.3 is 5.97 Å². The van der Waals surface area contributed by atoms with Crippen molar-refractivity contribution < 1.29 is 9.53 Å². The molecule has 1 N–H and O–H groups in total. The molecule has 0 bridgehead atoms. The number of hydrogen-bond acceptors (Lipinski definition) is 5. The van der Waals surface area contributed by atoms with Gasteiger partial charge in [-0.15, -0.1) is 0 Å². The van der Waals surface area contributed by atoms with Gasteiger partial charge in [-0.1, -0.05) is 0 Å². The summed E-state index contributed by atoms with van der Waals surface area (Å²) in [7, 11) is 1.47. The van der Waals surface area contributed by atoms with Gasteiger partial charge in [0.1, 0.15) is 18.2 Å². The Hall–Kier alpha value is -1.43. The van der Waals surface area contributed by atoms with E-state index in [1.54, 1.807) is 12.7 Å². The minimum Gasteiger partial charge on any atom is -0.468 e. The summed E-state index contributed by atoms with van der Waals surface area (Å²) in [5.41, 5.74) is -0.537. The summed E-state index contributed by atoms with van der Waals surface area (Å²) in [6, 6.07) is 0.704. The average molecular weight is 264 g/mol. The second kappa shape index (κ2) is 4.92. The van der Waals surface area contributed by atoms with Crippen LogP contribution in [0.4, 0.5) is 0 Å². The van der Waals surface area contributed by atoms with E-state index in [-0.39, 0.29) is 12.0 Å². The van der Waals surface area contributed by atoms with E-state index in [0.717, 1.165) is 38.5 Å². The van der Waals surface area contributed by atoms with Crippen LogP contribution in [0.3, 0.4) is 0 Å². The number of methoxy groups -OCH3 is 1. The molecule has 6 nitrogen and oxygen atoms in total. The number of hydrogen-bond donors (Lipinski definition) is 1. The Labute approximate surface area is 112 Å². The number of rotatable bonds is 4. The van der Waals surface area contributed by atoms with Crippen LogP contribution in [0.2, 0.25) is 0 Å². The van der Waals surface area contributed by atoms with Gasteiger partial charge in [0.15, 0.2) is 0 Å². The zero-order valence-electron chi connectivity index (χ0n) is 11.2. The molecule has 104 valence electrons. The van der Waals surface area contributed by atoms with Crippen LogP contribution in [0.5, 0.6) is 0 Å². The lowest BCUT2D eigenvalue weighted by molar-refractivity contribution is -0.151. The highest BCUT2D eigenvalue weighted by Crippen LogP contribution is 2.38. The summed E-state index contributed by atoms with van der Waals surface area (Å²) < 4.78 is 6.91. The number of ether oxygens (including phenoxy) is 1. The fourth-order valence-electron chi connectivity index (χ4n) is 3.07. The predicted octanol–water partition coefficient (Wildman–Crippen LogP) is 1.06. The van der Waals surface area contributed by atoms with Crippen LogP contribution in [0, 0.1) is 0 Å². The molecule has 0 aliphatic heterocycles. The van der Waals surface area contributed by atoms with Crippen LogP contribution in [-0.2, 0) is 9.53 Å². The van der Waals surface area contributed by atoms with Crippen molar-refractivity contribution in [1.82, 2.24) is 20.1 Å². The van der Waals surface area contributed by atoms with Gasteiger partial charge in [0.05, 0.1) is 13.2 Å². The molecule has 19 heavy (non-hydrogen) atoms. The molecule has 2 fully saturated rings. The van der Waals surface area contributed by atoms with Crippen molar-refractivity contribution in [3.63, 3.8) is 0 Å². The van der Waals surface area contributed by atoms with Gasteiger partial charge in [0, 0.05) is 6.04 Å². The van der Waals surface area contributed by atoms with Crippen LogP contribution in [0.15, 0.2) is 12.7 Å². The molecule has 2 aliphatic carbocycles. The van der Waals surface area contributed by atoms with Crippen molar-refractivity contribution in [1.29, 1.82) is 0 Å². The average Bonchev–Trinajstić information content (AvgIpc) is 3.08. The first-order valence-electron chi connectivity index (χ1n) is 6.94. The van der Waals surface area contributed by atoms with Crippen LogP contribution < -0.4 is 5.32 Å². The molecule has 3 rings (SSSR count). The van der Waals surface area contributed by atoms with E-state index in [2.05, 4.69) is 15.4 Å². The van der Waals surface area contributed by atoms with E-state index in [4.69, 9.17) is 4.74 Å². The van der Waals surface area contributed by atoms with Crippen molar-refractivity contribution in [3.05, 3.63) is 12.7 Å². The number of aromatic nitrogens is 3. The van der Waals surface area contributed by atoms with Gasteiger partial charge in [-0.25, -0.2) is 9.67 Å². The lowest BCUT2D eigenvalue weighted by Gasteiger charge is -2.39. The Morgan fingerprint density at radius 3 is 2.95 bits per heavy atom. The Kier molecular flexibility index (Phi) is 3.26. The molecule has 1 aromatic rings. The largest absolute Gasteiger partial charge is 0.468 e. The lowest BCUT2D eigenvalue weighted by atomic mass is 9.78. The quantitative estimate of drug-likeness (QED) is 0.823. The molecule has 1 aromatic heterocycles. The molecule has 2 aliphatic rings. The van der Waals surface area contributed by atoms with E-state index in [9.17, 15) is 4.79 Å². The third-order valence-electron chi connectivity index (χ3n) is 4.17. The smallest absolute Gasteiger partial charge is 0.326 e. The number of carbonyl (C=O) groups excluding carboxylic acids is 1. The molecule has 0 radical (unpaired) electrons. The molecule has 0 saturated heterocycles. The Balaban J connectivity index is 1.80. The highest BCUT2D eigenvalue weighted by atomic mass is 16.5. The second-order valence-corrected chi connectivity index (χ2v) is 5.62. The predicted molar refractivity (Wildman–Crippen MR) is 68.4 cm³/mol. The first-order chi connectivity index (χ1) is 9.23. The highest BCUT2D eigenvalue weighted by molar-refractivity contribution is 5.81. The summed E-state index contributed by atoms with van der Waals surface area (Å²) in [6.45, 7) is 0. The van der Waals surface area contributed by atoms with E-state index in [1.165, 1.54) is 7.11 Å². The van der Waals surface area contributed by atoms with Crippen molar-refractivity contribution in [2.24, 2.45) is 0 Å². The molecule has 2 atom stereocenters. The SMILES string of the molecule is COC(=O)C1(NC2CC2)CCCC(n2cncn2)C1. The molecule has 0 spiro atoms. The van der Waals surface area contributed by atoms with Crippen molar-refractivity contribution in [2.45, 2.75) is 56.1 Å². The zero-order valence-corrected chi connectivity index (χ0v) is 11.2. The molecule has 6 heteroatoms. The van der Waals surface area contributed by atoms with Crippen LogP contribution in [0.25, 0.3) is 0 Å². The summed E-state index contributed by atoms with van der Waals surface area (Å²) in [4.78, 5) is 16.2. The van der Waals surface area contributed by atoms with E-state index in [0.29, 0.717) is 6.04 Å². The van der Waals surface area contributed by atoms with Crippen LogP contribution in [-0.4, -0.2) is 39.4 Å². The molecule has 2 unspecified atom stereocenters. The molecule has 1 heterocycles. The first-order valence-corrected chi connectivity index (χ1v) is 6.94. The monoisotopic (exact) mass is 264 g/mol. The summed E-state index contributed by atoms with van der Waals surface area (Å²) in [5, 5.41) is 7.72. The van der Waals surface area contributed by atoms with Crippen molar-refractivity contribution in [3.8, 4) is 0 Å². The standard InChI is InChI=1S/C13H20N4O2/c1-19-12(18)13(16-10-4-5-10)6-2-3-11(7-13)17-9-14-8-15-17/h8-11,16H,2-7H2,1H3. The fraction of sp³-hybridized carbons (Fsp3) is 0.769. The maximum atomic E-state index is 12.2. The minimum absolute atomic E-state index is 0.135. The fourth-order valence-corrected chi connectivity index (χ4v) is 3.07. The molecule has 0 amide bonds. The van der Waals surface area contributed by atoms with Gasteiger partial charge in [-0.3, -0.25) is 10.1 Å². The second-order valence-electron chi connectivity index (χ2n) is 5.62. The van der Waals surface area contributed by atoms with Crippen molar-refractivity contribution in [2.75, 3.05) is 7.11 Å². The molecule has 0 aromatic carbocycles. The van der Waals surface area contributed by atoms with Gasteiger partial charge in [0.25, 0.3) is 0 Å². The molecular weight excluding hydrogens is 244 g/mol. The molecule has 2 saturated carbocycles. The summed E-state index contributed by atoms with van der Waals surface area (Å²) >= 11 is 0. The number of nitrogens with one attached hydrogen (secondary N) is 1. The maximum absolute atomic E-state index is 12.2. The lowest BCUT2D eigenvalue weighted by Crippen LogP contribution is -2.56. The van der Waals surface area contributed by atoms with Gasteiger partial charge in [-0.2, -0.15) is 5.10 Å². The third-order valence-corrected chi connectivity index (χ3v) is 4.17. The number of esters is 1. The normalized spacial score (nSPS) is 31.1. The van der Waals surface area contributed by atoms with Gasteiger partial charge < -0.3 is 4.74 Å². The van der Waals surface area contributed by atoms with E-state index < -0.39 is 5.54 Å². The third kappa shape index (κ3) is 2.49. The van der Waals surface area contributed by atoms with Gasteiger partial charge in [-0.05, 0) is 38.5 Å². The maximum Gasteiger partial charge on any atom is 0.326 e. The Morgan fingerprint density at radius 1 is 1.47 bits per heavy atom. The van der Waals surface area contributed by atoms with Crippen LogP contribution >= 0.6 is 0 Å². The van der Waals surface area contributed by atoms with E-state index >= 15 is 0 Å². The number of nitrogens with zero attached hydrogens (tertiary/aromatic N) is 3. The highest BCUT2D eigenvalue weighted by Gasteiger charge is 2.47. The van der Waals surface area contributed by atoms with Gasteiger partial charge in [0.2, 0.25) is 0 Å². The summed E-state index contributed by atoms with van der Waals surface area (Å²) in [6.07, 6.45) is 9.21. The number of carbonyl (C=O) groups is 1. The van der Waals surface area contributed by atoms with Crippen molar-refractivity contribution >= 4 is 5.97 Å². The Bertz CT molecular complexity index is 444. The molecular formula is C13H20N4O2. The Morgan fingerprint density at radius 2 is 2.32 bits per heavy atom. The van der Waals surface area contributed by atoms with Crippen LogP contribution in [0.1, 0.15) is 44.6 Å². The van der Waals surface area contributed by atoms with E-state index in [1.807, 2.05) is 4.68 Å². The zero-order chi connectivity index (χ0) is 13.3. The minimum atomic E-state index is -0.537. The summed E-state index contributed by atoms with van der Waals surface area (Å²) in [5.74, 6) is -0.135.